The zero-order valence-corrected chi connectivity index (χ0v) is 15.7. The number of methoxy groups -OCH3 is 2. The van der Waals surface area contributed by atoms with Crippen LogP contribution in [0.15, 0.2) is 40.9 Å². The molecule has 27 heavy (non-hydrogen) atoms. The SMILES string of the molecule is COc1ccc(-c2noc(CNC(=O)c3cc(C)cc(C)c3)n2)cc1OC. The molecule has 2 aromatic carbocycles. The highest BCUT2D eigenvalue weighted by Gasteiger charge is 2.13. The molecule has 140 valence electrons. The van der Waals surface area contributed by atoms with Crippen LogP contribution in [0, 0.1) is 13.8 Å². The summed E-state index contributed by atoms with van der Waals surface area (Å²) in [6, 6.07) is 11.0. The quantitative estimate of drug-likeness (QED) is 0.719. The number of nitrogens with one attached hydrogen (secondary N) is 1. The molecule has 1 amide bonds. The molecule has 1 aromatic heterocycles. The molecular weight excluding hydrogens is 346 g/mol. The molecule has 3 rings (SSSR count). The first-order valence-electron chi connectivity index (χ1n) is 8.41. The van der Waals surface area contributed by atoms with Gasteiger partial charge >= 0.3 is 0 Å². The monoisotopic (exact) mass is 367 g/mol. The molecule has 0 atom stereocenters. The van der Waals surface area contributed by atoms with Crippen LogP contribution in [0.1, 0.15) is 27.4 Å². The highest BCUT2D eigenvalue weighted by Crippen LogP contribution is 2.31. The van der Waals surface area contributed by atoms with Crippen LogP contribution in [-0.4, -0.2) is 30.3 Å². The standard InChI is InChI=1S/C20H21N3O4/c1-12-7-13(2)9-15(8-12)20(24)21-11-18-22-19(23-27-18)14-5-6-16(25-3)17(10-14)26-4/h5-10H,11H2,1-4H3,(H,21,24). The number of rotatable bonds is 6. The molecule has 0 aliphatic carbocycles. The maximum Gasteiger partial charge on any atom is 0.251 e. The maximum atomic E-state index is 12.3. The molecule has 0 radical (unpaired) electrons. The third kappa shape index (κ3) is 4.25. The van der Waals surface area contributed by atoms with Gasteiger partial charge in [0.15, 0.2) is 11.5 Å². The number of benzene rings is 2. The fourth-order valence-corrected chi connectivity index (χ4v) is 2.78. The molecule has 7 heteroatoms. The Morgan fingerprint density at radius 1 is 1.04 bits per heavy atom. The second-order valence-electron chi connectivity index (χ2n) is 6.14. The van der Waals surface area contributed by atoms with Crippen LogP contribution >= 0.6 is 0 Å². The van der Waals surface area contributed by atoms with Crippen molar-refractivity contribution < 1.29 is 18.8 Å². The van der Waals surface area contributed by atoms with Crippen molar-refractivity contribution in [3.8, 4) is 22.9 Å². The Morgan fingerprint density at radius 3 is 2.41 bits per heavy atom. The van der Waals surface area contributed by atoms with Gasteiger partial charge in [-0.3, -0.25) is 4.79 Å². The highest BCUT2D eigenvalue weighted by molar-refractivity contribution is 5.94. The Balaban J connectivity index is 1.70. The van der Waals surface area contributed by atoms with Gasteiger partial charge in [0.05, 0.1) is 20.8 Å². The summed E-state index contributed by atoms with van der Waals surface area (Å²) in [6.45, 7) is 4.06. The Bertz CT molecular complexity index is 945. The number of carbonyl (C=O) groups excluding carboxylic acids is 1. The van der Waals surface area contributed by atoms with Gasteiger partial charge in [0.25, 0.3) is 5.91 Å². The number of amides is 1. The lowest BCUT2D eigenvalue weighted by Crippen LogP contribution is -2.23. The van der Waals surface area contributed by atoms with Crippen LogP contribution in [0.5, 0.6) is 11.5 Å². The predicted molar refractivity (Wildman–Crippen MR) is 99.9 cm³/mol. The number of nitrogens with zero attached hydrogens (tertiary/aromatic N) is 2. The second kappa shape index (κ2) is 7.90. The van der Waals surface area contributed by atoms with Crippen molar-refractivity contribution in [2.75, 3.05) is 14.2 Å². The van der Waals surface area contributed by atoms with E-state index in [1.165, 1.54) is 0 Å². The van der Waals surface area contributed by atoms with Crippen molar-refractivity contribution in [2.24, 2.45) is 0 Å². The van der Waals surface area contributed by atoms with E-state index in [1.807, 2.05) is 38.1 Å². The molecular formula is C20H21N3O4. The van der Waals surface area contributed by atoms with Crippen molar-refractivity contribution in [2.45, 2.75) is 20.4 Å². The summed E-state index contributed by atoms with van der Waals surface area (Å²) in [5.41, 5.74) is 3.40. The normalized spacial score (nSPS) is 10.5. The molecule has 0 bridgehead atoms. The smallest absolute Gasteiger partial charge is 0.251 e. The zero-order chi connectivity index (χ0) is 19.4. The van der Waals surface area contributed by atoms with Crippen LogP contribution in [-0.2, 0) is 6.54 Å². The molecule has 3 aromatic rings. The van der Waals surface area contributed by atoms with Crippen LogP contribution in [0.2, 0.25) is 0 Å². The van der Waals surface area contributed by atoms with Gasteiger partial charge in [0, 0.05) is 11.1 Å². The van der Waals surface area contributed by atoms with Gasteiger partial charge in [-0.2, -0.15) is 4.98 Å². The molecule has 0 aliphatic rings. The molecule has 0 spiro atoms. The average Bonchev–Trinajstić information content (AvgIpc) is 3.13. The van der Waals surface area contributed by atoms with Gasteiger partial charge in [0.1, 0.15) is 0 Å². The number of carbonyl (C=O) groups is 1. The lowest BCUT2D eigenvalue weighted by molar-refractivity contribution is 0.0946. The molecule has 0 unspecified atom stereocenters. The Labute approximate surface area is 157 Å². The molecule has 1 heterocycles. The number of ether oxygens (including phenoxy) is 2. The molecule has 0 saturated heterocycles. The summed E-state index contributed by atoms with van der Waals surface area (Å²) in [5, 5.41) is 6.76. The summed E-state index contributed by atoms with van der Waals surface area (Å²) < 4.78 is 15.7. The van der Waals surface area contributed by atoms with E-state index in [0.717, 1.165) is 16.7 Å². The van der Waals surface area contributed by atoms with E-state index in [1.54, 1.807) is 26.4 Å². The summed E-state index contributed by atoms with van der Waals surface area (Å²) in [4.78, 5) is 16.6. The van der Waals surface area contributed by atoms with Crippen LogP contribution in [0.4, 0.5) is 0 Å². The van der Waals surface area contributed by atoms with Crippen LogP contribution < -0.4 is 14.8 Å². The average molecular weight is 367 g/mol. The lowest BCUT2D eigenvalue weighted by atomic mass is 10.1. The number of aromatic nitrogens is 2. The number of hydrogen-bond donors (Lipinski definition) is 1. The first-order valence-corrected chi connectivity index (χ1v) is 8.41. The van der Waals surface area contributed by atoms with Crippen molar-refractivity contribution in [1.82, 2.24) is 15.5 Å². The first-order chi connectivity index (χ1) is 13.0. The van der Waals surface area contributed by atoms with E-state index < -0.39 is 0 Å². The van der Waals surface area contributed by atoms with E-state index in [4.69, 9.17) is 14.0 Å². The minimum Gasteiger partial charge on any atom is -0.493 e. The summed E-state index contributed by atoms with van der Waals surface area (Å²) in [5.74, 6) is 1.73. The Kier molecular flexibility index (Phi) is 5.40. The maximum absolute atomic E-state index is 12.3. The van der Waals surface area contributed by atoms with E-state index in [9.17, 15) is 4.79 Å². The van der Waals surface area contributed by atoms with Crippen molar-refractivity contribution in [1.29, 1.82) is 0 Å². The third-order valence-corrected chi connectivity index (χ3v) is 3.99. The van der Waals surface area contributed by atoms with E-state index in [0.29, 0.717) is 28.8 Å². The topological polar surface area (TPSA) is 86.5 Å². The van der Waals surface area contributed by atoms with Gasteiger partial charge in [0.2, 0.25) is 11.7 Å². The third-order valence-electron chi connectivity index (χ3n) is 3.99. The molecule has 1 N–H and O–H groups in total. The minimum atomic E-state index is -0.187. The molecule has 0 saturated carbocycles. The largest absolute Gasteiger partial charge is 0.493 e. The van der Waals surface area contributed by atoms with E-state index in [2.05, 4.69) is 15.5 Å². The molecule has 7 nitrogen and oxygen atoms in total. The van der Waals surface area contributed by atoms with Crippen LogP contribution in [0.25, 0.3) is 11.4 Å². The van der Waals surface area contributed by atoms with Gasteiger partial charge in [-0.05, 0) is 44.2 Å². The van der Waals surface area contributed by atoms with E-state index in [-0.39, 0.29) is 12.5 Å². The van der Waals surface area contributed by atoms with Gasteiger partial charge < -0.3 is 19.3 Å². The first kappa shape index (κ1) is 18.4. The molecule has 0 aliphatic heterocycles. The summed E-state index contributed by atoms with van der Waals surface area (Å²) >= 11 is 0. The fourth-order valence-electron chi connectivity index (χ4n) is 2.78. The van der Waals surface area contributed by atoms with Crippen molar-refractivity contribution in [3.63, 3.8) is 0 Å². The van der Waals surface area contributed by atoms with Crippen molar-refractivity contribution >= 4 is 5.91 Å². The lowest BCUT2D eigenvalue weighted by Gasteiger charge is -2.07. The Hall–Kier alpha value is -3.35. The fraction of sp³-hybridized carbons (Fsp3) is 0.250. The Morgan fingerprint density at radius 2 is 1.74 bits per heavy atom. The second-order valence-corrected chi connectivity index (χ2v) is 6.14. The number of hydrogen-bond acceptors (Lipinski definition) is 6. The van der Waals surface area contributed by atoms with Gasteiger partial charge in [-0.25, -0.2) is 0 Å². The predicted octanol–water partition coefficient (Wildman–Crippen LogP) is 3.30. The molecule has 0 fully saturated rings. The van der Waals surface area contributed by atoms with Gasteiger partial charge in [-0.15, -0.1) is 0 Å². The zero-order valence-electron chi connectivity index (χ0n) is 15.7. The number of aryl methyl sites for hydroxylation is 2. The van der Waals surface area contributed by atoms with Gasteiger partial charge in [-0.1, -0.05) is 22.3 Å². The van der Waals surface area contributed by atoms with E-state index >= 15 is 0 Å². The van der Waals surface area contributed by atoms with Crippen LogP contribution in [0.3, 0.4) is 0 Å². The summed E-state index contributed by atoms with van der Waals surface area (Å²) in [6.07, 6.45) is 0. The highest BCUT2D eigenvalue weighted by atomic mass is 16.5. The minimum absolute atomic E-state index is 0.145. The van der Waals surface area contributed by atoms with Crippen molar-refractivity contribution in [3.05, 3.63) is 59.0 Å². The summed E-state index contributed by atoms with van der Waals surface area (Å²) in [7, 11) is 3.13.